The number of sulfonamides is 1. The maximum Gasteiger partial charge on any atom is 0.262 e. The highest BCUT2D eigenvalue weighted by Crippen LogP contribution is 2.28. The molecule has 7 heteroatoms. The van der Waals surface area contributed by atoms with E-state index in [4.69, 9.17) is 5.73 Å². The average molecular weight is 359 g/mol. The Morgan fingerprint density at radius 2 is 1.95 bits per heavy atom. The van der Waals surface area contributed by atoms with E-state index in [-0.39, 0.29) is 10.6 Å². The molecular weight excluding hydrogens is 347 g/mol. The largest absolute Gasteiger partial charge is 0.398 e. The second kappa shape index (κ2) is 5.41. The first kappa shape index (κ1) is 14.8. The van der Waals surface area contributed by atoms with Gasteiger partial charge in [-0.15, -0.1) is 0 Å². The van der Waals surface area contributed by atoms with Crippen LogP contribution in [0.5, 0.6) is 0 Å². The van der Waals surface area contributed by atoms with Crippen molar-refractivity contribution in [2.24, 2.45) is 0 Å². The standard InChI is InChI=1S/C13H12BrFN2O2S/c1-8-5-6-9(7-12(8)16)20(18,19)17-13-10(14)3-2-4-11(13)15/h2-7,17H,16H2,1H3. The van der Waals surface area contributed by atoms with E-state index in [9.17, 15) is 12.8 Å². The summed E-state index contributed by atoms with van der Waals surface area (Å²) in [6, 6.07) is 8.55. The first-order valence-electron chi connectivity index (χ1n) is 5.64. The number of nitrogen functional groups attached to an aromatic ring is 1. The smallest absolute Gasteiger partial charge is 0.262 e. The fourth-order valence-corrected chi connectivity index (χ4v) is 3.27. The number of hydrogen-bond donors (Lipinski definition) is 2. The Hall–Kier alpha value is -1.60. The number of nitrogens with one attached hydrogen (secondary N) is 1. The molecule has 0 atom stereocenters. The van der Waals surface area contributed by atoms with Crippen molar-refractivity contribution in [1.29, 1.82) is 0 Å². The second-order valence-electron chi connectivity index (χ2n) is 4.22. The molecule has 0 aliphatic rings. The lowest BCUT2D eigenvalue weighted by molar-refractivity contribution is 0.598. The summed E-state index contributed by atoms with van der Waals surface area (Å²) in [7, 11) is -3.90. The van der Waals surface area contributed by atoms with Crippen molar-refractivity contribution in [3.63, 3.8) is 0 Å². The number of aryl methyl sites for hydroxylation is 1. The Bertz CT molecular complexity index is 743. The number of halogens is 2. The van der Waals surface area contributed by atoms with Crippen LogP contribution in [0.3, 0.4) is 0 Å². The lowest BCUT2D eigenvalue weighted by Gasteiger charge is -2.11. The Balaban J connectivity index is 2.43. The Morgan fingerprint density at radius 1 is 1.25 bits per heavy atom. The third-order valence-corrected chi connectivity index (χ3v) is 4.77. The summed E-state index contributed by atoms with van der Waals surface area (Å²) in [5.41, 5.74) is 6.70. The zero-order valence-corrected chi connectivity index (χ0v) is 12.9. The van der Waals surface area contributed by atoms with Crippen molar-refractivity contribution < 1.29 is 12.8 Å². The van der Waals surface area contributed by atoms with Crippen molar-refractivity contribution >= 4 is 37.3 Å². The van der Waals surface area contributed by atoms with Crippen molar-refractivity contribution in [3.8, 4) is 0 Å². The summed E-state index contributed by atoms with van der Waals surface area (Å²) < 4.78 is 40.6. The molecule has 106 valence electrons. The molecule has 3 N–H and O–H groups in total. The van der Waals surface area contributed by atoms with E-state index < -0.39 is 15.8 Å². The van der Waals surface area contributed by atoms with Crippen molar-refractivity contribution in [3.05, 3.63) is 52.3 Å². The first-order valence-corrected chi connectivity index (χ1v) is 7.92. The summed E-state index contributed by atoms with van der Waals surface area (Å²) in [5, 5.41) is 0. The topological polar surface area (TPSA) is 72.2 Å². The highest BCUT2D eigenvalue weighted by molar-refractivity contribution is 9.10. The number of nitrogens with two attached hydrogens (primary N) is 1. The first-order chi connectivity index (χ1) is 9.31. The van der Waals surface area contributed by atoms with Crippen molar-refractivity contribution in [1.82, 2.24) is 0 Å². The average Bonchev–Trinajstić information content (AvgIpc) is 2.37. The predicted octanol–water partition coefficient (Wildman–Crippen LogP) is 3.28. The van der Waals surface area contributed by atoms with Gasteiger partial charge in [0.2, 0.25) is 0 Å². The van der Waals surface area contributed by atoms with Crippen LogP contribution in [0.15, 0.2) is 45.8 Å². The predicted molar refractivity (Wildman–Crippen MR) is 80.5 cm³/mol. The van der Waals surface area contributed by atoms with Gasteiger partial charge in [-0.1, -0.05) is 12.1 Å². The fourth-order valence-electron chi connectivity index (χ4n) is 1.57. The van der Waals surface area contributed by atoms with Gasteiger partial charge < -0.3 is 5.73 Å². The lowest BCUT2D eigenvalue weighted by atomic mass is 10.2. The molecule has 0 saturated carbocycles. The van der Waals surface area contributed by atoms with Gasteiger partial charge in [0, 0.05) is 10.2 Å². The van der Waals surface area contributed by atoms with Crippen LogP contribution >= 0.6 is 15.9 Å². The molecule has 20 heavy (non-hydrogen) atoms. The molecule has 0 radical (unpaired) electrons. The zero-order chi connectivity index (χ0) is 14.9. The van der Waals surface area contributed by atoms with Gasteiger partial charge in [-0.25, -0.2) is 12.8 Å². The molecule has 0 aromatic heterocycles. The van der Waals surface area contributed by atoms with E-state index in [1.54, 1.807) is 19.1 Å². The quantitative estimate of drug-likeness (QED) is 0.827. The van der Waals surface area contributed by atoms with Gasteiger partial charge >= 0.3 is 0 Å². The molecule has 2 aromatic carbocycles. The third-order valence-electron chi connectivity index (χ3n) is 2.76. The molecule has 0 saturated heterocycles. The summed E-state index contributed by atoms with van der Waals surface area (Å²) in [6.45, 7) is 1.77. The van der Waals surface area contributed by atoms with Gasteiger partial charge in [-0.2, -0.15) is 0 Å². The minimum absolute atomic E-state index is 0.0178. The zero-order valence-electron chi connectivity index (χ0n) is 10.5. The summed E-state index contributed by atoms with van der Waals surface area (Å²) in [5.74, 6) is -0.664. The van der Waals surface area contributed by atoms with Crippen LogP contribution in [0, 0.1) is 12.7 Å². The van der Waals surface area contributed by atoms with Crippen LogP contribution in [0.25, 0.3) is 0 Å². The number of hydrogen-bond acceptors (Lipinski definition) is 3. The van der Waals surface area contributed by atoms with Crippen molar-refractivity contribution in [2.75, 3.05) is 10.5 Å². The monoisotopic (exact) mass is 358 g/mol. The molecule has 4 nitrogen and oxygen atoms in total. The normalized spacial score (nSPS) is 11.3. The van der Waals surface area contributed by atoms with E-state index >= 15 is 0 Å². The molecular formula is C13H12BrFN2O2S. The molecule has 0 aliphatic heterocycles. The number of benzene rings is 2. The van der Waals surface area contributed by atoms with E-state index in [2.05, 4.69) is 20.7 Å². The van der Waals surface area contributed by atoms with Crippen LogP contribution in [0.1, 0.15) is 5.56 Å². The van der Waals surface area contributed by atoms with E-state index in [0.717, 1.165) is 5.56 Å². The second-order valence-corrected chi connectivity index (χ2v) is 6.76. The summed E-state index contributed by atoms with van der Waals surface area (Å²) in [6.07, 6.45) is 0. The molecule has 0 fully saturated rings. The molecule has 2 rings (SSSR count). The number of rotatable bonds is 3. The minimum atomic E-state index is -3.90. The van der Waals surface area contributed by atoms with Gasteiger partial charge in [0.1, 0.15) is 5.82 Å². The van der Waals surface area contributed by atoms with Crippen molar-refractivity contribution in [2.45, 2.75) is 11.8 Å². The summed E-state index contributed by atoms with van der Waals surface area (Å²) >= 11 is 3.11. The van der Waals surface area contributed by atoms with Gasteiger partial charge in [0.25, 0.3) is 10.0 Å². The van der Waals surface area contributed by atoms with Gasteiger partial charge in [0.15, 0.2) is 0 Å². The number of para-hydroxylation sites is 1. The SMILES string of the molecule is Cc1ccc(S(=O)(=O)Nc2c(F)cccc2Br)cc1N. The molecule has 0 unspecified atom stereocenters. The lowest BCUT2D eigenvalue weighted by Crippen LogP contribution is -2.14. The van der Waals surface area contributed by atoms with Crippen LogP contribution in [0.4, 0.5) is 15.8 Å². The minimum Gasteiger partial charge on any atom is -0.398 e. The van der Waals surface area contributed by atoms with Gasteiger partial charge in [-0.05, 0) is 52.7 Å². The third kappa shape index (κ3) is 2.94. The molecule has 0 bridgehead atoms. The maximum absolute atomic E-state index is 13.7. The summed E-state index contributed by atoms with van der Waals surface area (Å²) in [4.78, 5) is -0.0178. The van der Waals surface area contributed by atoms with Gasteiger partial charge in [0.05, 0.1) is 10.6 Å². The molecule has 0 heterocycles. The van der Waals surface area contributed by atoms with Crippen LogP contribution in [-0.4, -0.2) is 8.42 Å². The Labute approximate surface area is 125 Å². The van der Waals surface area contributed by atoms with E-state index in [0.29, 0.717) is 10.2 Å². The molecule has 2 aromatic rings. The fraction of sp³-hybridized carbons (Fsp3) is 0.0769. The molecule has 0 spiro atoms. The highest BCUT2D eigenvalue weighted by atomic mass is 79.9. The maximum atomic E-state index is 13.7. The van der Waals surface area contributed by atoms with E-state index in [1.807, 2.05) is 0 Å². The molecule has 0 amide bonds. The van der Waals surface area contributed by atoms with E-state index in [1.165, 1.54) is 24.3 Å². The number of anilines is 2. The van der Waals surface area contributed by atoms with Crippen LogP contribution in [-0.2, 0) is 10.0 Å². The Kier molecular flexibility index (Phi) is 4.01. The Morgan fingerprint density at radius 3 is 2.55 bits per heavy atom. The van der Waals surface area contributed by atoms with Crippen LogP contribution < -0.4 is 10.5 Å². The highest BCUT2D eigenvalue weighted by Gasteiger charge is 2.18. The van der Waals surface area contributed by atoms with Crippen LogP contribution in [0.2, 0.25) is 0 Å². The van der Waals surface area contributed by atoms with Gasteiger partial charge in [-0.3, -0.25) is 4.72 Å². The molecule has 0 aliphatic carbocycles.